The second-order valence-corrected chi connectivity index (χ2v) is 5.49. The SMILES string of the molecule is Cc1cccc(NC(=O)NCCCC(C)C(=O)O)c1Br. The van der Waals surface area contributed by atoms with Crippen molar-refractivity contribution >= 4 is 33.6 Å². The average molecular weight is 343 g/mol. The topological polar surface area (TPSA) is 78.4 Å². The van der Waals surface area contributed by atoms with Crippen LogP contribution in [0.3, 0.4) is 0 Å². The number of urea groups is 1. The van der Waals surface area contributed by atoms with Crippen LogP contribution < -0.4 is 10.6 Å². The molecule has 0 fully saturated rings. The molecule has 0 bridgehead atoms. The molecule has 0 aromatic heterocycles. The zero-order valence-corrected chi connectivity index (χ0v) is 13.2. The summed E-state index contributed by atoms with van der Waals surface area (Å²) in [5.74, 6) is -1.19. The van der Waals surface area contributed by atoms with Crippen LogP contribution in [0, 0.1) is 12.8 Å². The molecule has 1 unspecified atom stereocenters. The number of anilines is 1. The van der Waals surface area contributed by atoms with Gasteiger partial charge in [-0.2, -0.15) is 0 Å². The van der Waals surface area contributed by atoms with E-state index in [-0.39, 0.29) is 11.9 Å². The number of carboxylic acid groups (broad SMARTS) is 1. The molecule has 1 atom stereocenters. The molecule has 110 valence electrons. The van der Waals surface area contributed by atoms with Gasteiger partial charge < -0.3 is 15.7 Å². The smallest absolute Gasteiger partial charge is 0.319 e. The Labute approximate surface area is 126 Å². The quantitative estimate of drug-likeness (QED) is 0.693. The predicted molar refractivity (Wildman–Crippen MR) is 81.9 cm³/mol. The van der Waals surface area contributed by atoms with Crippen LogP contribution in [0.5, 0.6) is 0 Å². The van der Waals surface area contributed by atoms with E-state index in [4.69, 9.17) is 5.11 Å². The summed E-state index contributed by atoms with van der Waals surface area (Å²) < 4.78 is 0.856. The molecule has 6 heteroatoms. The van der Waals surface area contributed by atoms with Gasteiger partial charge >= 0.3 is 12.0 Å². The van der Waals surface area contributed by atoms with Gasteiger partial charge in [0.1, 0.15) is 0 Å². The largest absolute Gasteiger partial charge is 0.481 e. The summed E-state index contributed by atoms with van der Waals surface area (Å²) in [4.78, 5) is 22.3. The summed E-state index contributed by atoms with van der Waals surface area (Å²) in [6.07, 6.45) is 1.18. The third-order valence-electron chi connectivity index (χ3n) is 2.96. The highest BCUT2D eigenvalue weighted by Gasteiger charge is 2.10. The summed E-state index contributed by atoms with van der Waals surface area (Å²) in [5, 5.41) is 14.2. The highest BCUT2D eigenvalue weighted by Crippen LogP contribution is 2.25. The maximum Gasteiger partial charge on any atom is 0.319 e. The van der Waals surface area contributed by atoms with Crippen molar-refractivity contribution in [1.82, 2.24) is 5.32 Å². The second kappa shape index (κ2) is 7.89. The minimum atomic E-state index is -0.807. The van der Waals surface area contributed by atoms with Crippen LogP contribution in [-0.2, 0) is 4.79 Å². The number of halogens is 1. The van der Waals surface area contributed by atoms with Gasteiger partial charge in [-0.25, -0.2) is 4.79 Å². The summed E-state index contributed by atoms with van der Waals surface area (Å²) in [6.45, 7) is 4.06. The van der Waals surface area contributed by atoms with Crippen molar-refractivity contribution in [3.63, 3.8) is 0 Å². The van der Waals surface area contributed by atoms with Crippen molar-refractivity contribution < 1.29 is 14.7 Å². The first kappa shape index (κ1) is 16.5. The lowest BCUT2D eigenvalue weighted by Crippen LogP contribution is -2.30. The Bertz CT molecular complexity index is 491. The maximum atomic E-state index is 11.7. The number of carbonyl (C=O) groups is 2. The van der Waals surface area contributed by atoms with Crippen molar-refractivity contribution in [2.24, 2.45) is 5.92 Å². The minimum absolute atomic E-state index is 0.292. The van der Waals surface area contributed by atoms with Gasteiger partial charge in [-0.05, 0) is 47.3 Å². The fourth-order valence-electron chi connectivity index (χ4n) is 1.64. The lowest BCUT2D eigenvalue weighted by atomic mass is 10.1. The van der Waals surface area contributed by atoms with Gasteiger partial charge in [-0.1, -0.05) is 19.1 Å². The standard InChI is InChI=1S/C14H19BrN2O3/c1-9-5-3-7-11(12(9)15)17-14(20)16-8-4-6-10(2)13(18)19/h3,5,7,10H,4,6,8H2,1-2H3,(H,18,19)(H2,16,17,20). The zero-order valence-electron chi connectivity index (χ0n) is 11.6. The van der Waals surface area contributed by atoms with Crippen molar-refractivity contribution in [1.29, 1.82) is 0 Å². The first-order valence-electron chi connectivity index (χ1n) is 6.44. The summed E-state index contributed by atoms with van der Waals surface area (Å²) >= 11 is 3.42. The van der Waals surface area contributed by atoms with Crippen molar-refractivity contribution in [2.75, 3.05) is 11.9 Å². The van der Waals surface area contributed by atoms with Crippen LogP contribution in [-0.4, -0.2) is 23.7 Å². The molecule has 1 aromatic carbocycles. The van der Waals surface area contributed by atoms with E-state index in [1.54, 1.807) is 6.92 Å². The Morgan fingerprint density at radius 1 is 1.40 bits per heavy atom. The van der Waals surface area contributed by atoms with Gasteiger partial charge in [0.05, 0.1) is 11.6 Å². The van der Waals surface area contributed by atoms with Gasteiger partial charge in [-0.15, -0.1) is 0 Å². The fraction of sp³-hybridized carbons (Fsp3) is 0.429. The van der Waals surface area contributed by atoms with Crippen LogP contribution >= 0.6 is 15.9 Å². The van der Waals surface area contributed by atoms with Crippen molar-refractivity contribution in [2.45, 2.75) is 26.7 Å². The number of aryl methyl sites for hydroxylation is 1. The summed E-state index contributed by atoms with van der Waals surface area (Å²) in [5.41, 5.74) is 1.75. The highest BCUT2D eigenvalue weighted by atomic mass is 79.9. The molecule has 0 aliphatic rings. The molecule has 20 heavy (non-hydrogen) atoms. The number of rotatable bonds is 6. The van der Waals surface area contributed by atoms with Crippen molar-refractivity contribution in [3.05, 3.63) is 28.2 Å². The Morgan fingerprint density at radius 2 is 2.10 bits per heavy atom. The number of aliphatic carboxylic acids is 1. The molecule has 1 rings (SSSR count). The highest BCUT2D eigenvalue weighted by molar-refractivity contribution is 9.10. The monoisotopic (exact) mass is 342 g/mol. The average Bonchev–Trinajstić information content (AvgIpc) is 2.39. The molecule has 5 nitrogen and oxygen atoms in total. The first-order chi connectivity index (χ1) is 9.41. The molecule has 2 amide bonds. The van der Waals surface area contributed by atoms with E-state index in [9.17, 15) is 9.59 Å². The summed E-state index contributed by atoms with van der Waals surface area (Å²) in [6, 6.07) is 5.33. The predicted octanol–water partition coefficient (Wildman–Crippen LogP) is 3.38. The lowest BCUT2D eigenvalue weighted by molar-refractivity contribution is -0.141. The molecule has 0 aliphatic heterocycles. The third kappa shape index (κ3) is 5.21. The van der Waals surface area contributed by atoms with Gasteiger partial charge in [0.2, 0.25) is 0 Å². The van der Waals surface area contributed by atoms with Crippen LogP contribution in [0.25, 0.3) is 0 Å². The van der Waals surface area contributed by atoms with E-state index in [0.29, 0.717) is 25.1 Å². The molecule has 0 saturated heterocycles. The van der Waals surface area contributed by atoms with E-state index < -0.39 is 5.97 Å². The van der Waals surface area contributed by atoms with Crippen molar-refractivity contribution in [3.8, 4) is 0 Å². The number of hydrogen-bond donors (Lipinski definition) is 3. The van der Waals surface area contributed by atoms with Gasteiger partial charge in [0.25, 0.3) is 0 Å². The molecule has 0 aliphatic carbocycles. The van der Waals surface area contributed by atoms with Crippen LogP contribution in [0.15, 0.2) is 22.7 Å². The minimum Gasteiger partial charge on any atom is -0.481 e. The molecule has 0 radical (unpaired) electrons. The molecular formula is C14H19BrN2O3. The van der Waals surface area contributed by atoms with Crippen LogP contribution in [0.1, 0.15) is 25.3 Å². The van der Waals surface area contributed by atoms with E-state index in [0.717, 1.165) is 10.0 Å². The molecule has 0 heterocycles. The van der Waals surface area contributed by atoms with E-state index in [1.807, 2.05) is 25.1 Å². The number of hydrogen-bond acceptors (Lipinski definition) is 2. The Hall–Kier alpha value is -1.56. The van der Waals surface area contributed by atoms with Gasteiger partial charge in [-0.3, -0.25) is 4.79 Å². The van der Waals surface area contributed by atoms with E-state index >= 15 is 0 Å². The second-order valence-electron chi connectivity index (χ2n) is 4.70. The van der Waals surface area contributed by atoms with E-state index in [2.05, 4.69) is 26.6 Å². The third-order valence-corrected chi connectivity index (χ3v) is 4.01. The van der Waals surface area contributed by atoms with E-state index in [1.165, 1.54) is 0 Å². The lowest BCUT2D eigenvalue weighted by Gasteiger charge is -2.11. The number of amides is 2. The number of carbonyl (C=O) groups excluding carboxylic acids is 1. The Morgan fingerprint density at radius 3 is 2.75 bits per heavy atom. The zero-order chi connectivity index (χ0) is 15.1. The first-order valence-corrected chi connectivity index (χ1v) is 7.24. The number of carboxylic acids is 1. The Balaban J connectivity index is 2.34. The molecule has 1 aromatic rings. The molecule has 0 saturated carbocycles. The normalized spacial score (nSPS) is 11.8. The molecule has 0 spiro atoms. The summed E-state index contributed by atoms with van der Waals surface area (Å²) in [7, 11) is 0. The van der Waals surface area contributed by atoms with Crippen LogP contribution in [0.2, 0.25) is 0 Å². The Kier molecular flexibility index (Phi) is 6.51. The van der Waals surface area contributed by atoms with Gasteiger partial charge in [0.15, 0.2) is 0 Å². The molecular weight excluding hydrogens is 324 g/mol. The fourth-order valence-corrected chi connectivity index (χ4v) is 2.01. The maximum absolute atomic E-state index is 11.7. The van der Waals surface area contributed by atoms with Crippen LogP contribution in [0.4, 0.5) is 10.5 Å². The number of nitrogens with one attached hydrogen (secondary N) is 2. The van der Waals surface area contributed by atoms with Gasteiger partial charge in [0, 0.05) is 11.0 Å². The molecule has 3 N–H and O–H groups in total. The number of benzene rings is 1.